The zero-order chi connectivity index (χ0) is 0. The van der Waals surface area contributed by atoms with Crippen molar-refractivity contribution in [1.82, 2.24) is 0 Å². The van der Waals surface area contributed by atoms with E-state index in [-0.39, 0.29) is 63.9 Å². The second kappa shape index (κ2) is 21.3. The summed E-state index contributed by atoms with van der Waals surface area (Å²) in [5.74, 6) is 0. The van der Waals surface area contributed by atoms with Gasteiger partial charge in [-0.15, -0.1) is 0 Å². The first kappa shape index (κ1) is 40.9. The van der Waals surface area contributed by atoms with Crippen LogP contribution in [0.1, 0.15) is 0 Å². The second-order valence-electron chi connectivity index (χ2n) is 0. The van der Waals surface area contributed by atoms with E-state index in [1.807, 2.05) is 0 Å². The van der Waals surface area contributed by atoms with Crippen molar-refractivity contribution in [2.75, 3.05) is 0 Å². The van der Waals surface area contributed by atoms with Crippen molar-refractivity contribution in [3.8, 4) is 0 Å². The third-order valence-corrected chi connectivity index (χ3v) is 0. The zero-order valence-corrected chi connectivity index (χ0v) is 4.75. The molecular formula is H3LiMgNiO. The molecule has 4 heavy (non-hydrogen) atoms. The van der Waals surface area contributed by atoms with Crippen molar-refractivity contribution in [3.63, 3.8) is 0 Å². The predicted octanol–water partition coefficient (Wildman–Crippen LogP) is -1.48. The summed E-state index contributed by atoms with van der Waals surface area (Å²) < 4.78 is 0. The van der Waals surface area contributed by atoms with Crippen LogP contribution in [0.15, 0.2) is 0 Å². The van der Waals surface area contributed by atoms with E-state index in [0.29, 0.717) is 0 Å². The average molecular weight is 109 g/mol. The fourth-order valence-electron chi connectivity index (χ4n) is 0. The van der Waals surface area contributed by atoms with Gasteiger partial charge >= 0.3 is 41.9 Å². The van der Waals surface area contributed by atoms with E-state index in [1.54, 1.807) is 0 Å². The minimum atomic E-state index is 0. The quantitative estimate of drug-likeness (QED) is 0.349. The van der Waals surface area contributed by atoms with E-state index in [4.69, 9.17) is 0 Å². The standard InChI is InChI=1S/Li.Mg.Ni.H2O.2H/h;;;1H2;;/q;+1;;;;/p-1. The van der Waals surface area contributed by atoms with Crippen LogP contribution >= 0.6 is 0 Å². The van der Waals surface area contributed by atoms with Crippen LogP contribution in [-0.4, -0.2) is 47.4 Å². The molecular weight excluding hydrogens is 106 g/mol. The molecule has 0 saturated heterocycles. The van der Waals surface area contributed by atoms with E-state index in [9.17, 15) is 0 Å². The zero-order valence-electron chi connectivity index (χ0n) is 1.76. The summed E-state index contributed by atoms with van der Waals surface area (Å²) in [6.07, 6.45) is 0. The maximum absolute atomic E-state index is 0. The molecule has 0 spiro atoms. The van der Waals surface area contributed by atoms with E-state index in [0.717, 1.165) is 0 Å². The van der Waals surface area contributed by atoms with Gasteiger partial charge in [-0.2, -0.15) is 0 Å². The van der Waals surface area contributed by atoms with Gasteiger partial charge in [0.1, 0.15) is 0 Å². The Kier molecular flexibility index (Phi) is 217. The molecule has 1 nitrogen and oxygen atoms in total. The van der Waals surface area contributed by atoms with E-state index in [1.165, 1.54) is 0 Å². The smallest absolute Gasteiger partial charge is 0 e. The Labute approximate surface area is 63.5 Å². The minimum Gasteiger partial charge on any atom is -0.870 e. The van der Waals surface area contributed by atoms with Crippen LogP contribution in [0.4, 0.5) is 0 Å². The number of hydrogen-bond acceptors (Lipinski definition) is 1. The molecule has 0 radical (unpaired) electrons. The van der Waals surface area contributed by atoms with Crippen LogP contribution in [0.5, 0.6) is 0 Å². The van der Waals surface area contributed by atoms with Crippen molar-refractivity contribution in [2.24, 2.45) is 0 Å². The molecule has 0 aliphatic carbocycles. The second-order valence-corrected chi connectivity index (χ2v) is 0. The third kappa shape index (κ3) is 9.17. The van der Waals surface area contributed by atoms with Gasteiger partial charge in [0.15, 0.2) is 0 Å². The Balaban J connectivity index is 0. The maximum atomic E-state index is 0. The first-order valence-corrected chi connectivity index (χ1v) is 0. The summed E-state index contributed by atoms with van der Waals surface area (Å²) in [6, 6.07) is 0. The maximum Gasteiger partial charge on any atom is 0 e. The Morgan fingerprint density at radius 3 is 1.00 bits per heavy atom. The largest absolute Gasteiger partial charge is 0.870 e. The Morgan fingerprint density at radius 2 is 1.00 bits per heavy atom. The molecule has 0 aromatic rings. The molecule has 1 N–H and O–H groups in total. The van der Waals surface area contributed by atoms with Crippen LogP contribution in [-0.2, 0) is 16.5 Å². The van der Waals surface area contributed by atoms with Crippen molar-refractivity contribution >= 4 is 41.9 Å². The molecule has 0 fully saturated rings. The van der Waals surface area contributed by atoms with Gasteiger partial charge in [0.2, 0.25) is 0 Å². The molecule has 0 aromatic heterocycles. The van der Waals surface area contributed by atoms with Crippen LogP contribution in [0, 0.1) is 0 Å². The monoisotopic (exact) mass is 108 g/mol. The number of hydrogen-bond donors (Lipinski definition) is 0. The van der Waals surface area contributed by atoms with Crippen LogP contribution in [0.2, 0.25) is 0 Å². The topological polar surface area (TPSA) is 30.0 Å². The molecule has 0 aliphatic heterocycles. The van der Waals surface area contributed by atoms with Gasteiger partial charge in [-0.25, -0.2) is 0 Å². The summed E-state index contributed by atoms with van der Waals surface area (Å²) in [4.78, 5) is 0. The summed E-state index contributed by atoms with van der Waals surface area (Å²) in [5.41, 5.74) is 0. The Bertz CT molecular complexity index is 8.00. The fourth-order valence-corrected chi connectivity index (χ4v) is 0. The van der Waals surface area contributed by atoms with Gasteiger partial charge in [-0.05, 0) is 0 Å². The summed E-state index contributed by atoms with van der Waals surface area (Å²) in [5, 5.41) is 0. The normalized spacial score (nSPS) is 0. The van der Waals surface area contributed by atoms with Crippen LogP contribution < -0.4 is 0 Å². The summed E-state index contributed by atoms with van der Waals surface area (Å²) in [7, 11) is 0. The molecule has 0 aliphatic rings. The van der Waals surface area contributed by atoms with Gasteiger partial charge < -0.3 is 5.48 Å². The average Bonchev–Trinajstić information content (AvgIpc) is 0. The first-order chi connectivity index (χ1) is 0. The predicted molar refractivity (Wildman–Crippen MR) is 16.2 cm³/mol. The van der Waals surface area contributed by atoms with Crippen molar-refractivity contribution in [1.29, 1.82) is 0 Å². The molecule has 4 heteroatoms. The minimum absolute atomic E-state index is 0. The van der Waals surface area contributed by atoms with Gasteiger partial charge in [0.25, 0.3) is 0 Å². The van der Waals surface area contributed by atoms with Gasteiger partial charge in [0, 0.05) is 16.5 Å². The van der Waals surface area contributed by atoms with Crippen molar-refractivity contribution in [2.45, 2.75) is 0 Å². The molecule has 0 bridgehead atoms. The molecule has 0 amide bonds. The molecule has 0 aromatic carbocycles. The van der Waals surface area contributed by atoms with E-state index < -0.39 is 0 Å². The Hall–Kier alpha value is 1.82. The van der Waals surface area contributed by atoms with Gasteiger partial charge in [0.05, 0.1) is 0 Å². The van der Waals surface area contributed by atoms with E-state index in [2.05, 4.69) is 0 Å². The molecule has 0 rings (SSSR count). The molecule has 22 valence electrons. The molecule has 0 saturated carbocycles. The van der Waals surface area contributed by atoms with E-state index >= 15 is 0 Å². The van der Waals surface area contributed by atoms with Crippen molar-refractivity contribution in [3.05, 3.63) is 0 Å². The summed E-state index contributed by atoms with van der Waals surface area (Å²) in [6.45, 7) is 0. The SMILES string of the molecule is [LiH].[MgH+].[Ni].[OH-]. The first-order valence-electron chi connectivity index (χ1n) is 0. The van der Waals surface area contributed by atoms with Crippen LogP contribution in [0.25, 0.3) is 0 Å². The fraction of sp³-hybridized carbons (Fsp3) is 0. The molecule has 0 atom stereocenters. The Morgan fingerprint density at radius 1 is 1.00 bits per heavy atom. The van der Waals surface area contributed by atoms with Crippen LogP contribution in [0.3, 0.4) is 0 Å². The molecule has 0 unspecified atom stereocenters. The molecule has 0 heterocycles. The van der Waals surface area contributed by atoms with Crippen molar-refractivity contribution < 1.29 is 22.0 Å². The van der Waals surface area contributed by atoms with Gasteiger partial charge in [-0.3, -0.25) is 0 Å². The number of rotatable bonds is 0. The summed E-state index contributed by atoms with van der Waals surface area (Å²) >= 11 is 0. The van der Waals surface area contributed by atoms with Gasteiger partial charge in [-0.1, -0.05) is 0 Å². The third-order valence-electron chi connectivity index (χ3n) is 0.